The van der Waals surface area contributed by atoms with Crippen molar-refractivity contribution >= 4 is 15.7 Å². The molecule has 0 atom stereocenters. The number of nitrogens with zero attached hydrogens (tertiary/aromatic N) is 2. The highest BCUT2D eigenvalue weighted by Gasteiger charge is 2.17. The quantitative estimate of drug-likeness (QED) is 0.791. The van der Waals surface area contributed by atoms with E-state index >= 15 is 0 Å². The predicted octanol–water partition coefficient (Wildman–Crippen LogP) is 0.752. The number of rotatable bonds is 5. The van der Waals surface area contributed by atoms with Crippen LogP contribution in [-0.4, -0.2) is 24.7 Å². The van der Waals surface area contributed by atoms with Crippen LogP contribution in [0.1, 0.15) is 5.56 Å². The van der Waals surface area contributed by atoms with Crippen LogP contribution in [0.4, 0.5) is 5.69 Å². The zero-order chi connectivity index (χ0) is 13.9. The van der Waals surface area contributed by atoms with Gasteiger partial charge in [0.15, 0.2) is 0 Å². The first-order chi connectivity index (χ1) is 9.00. The van der Waals surface area contributed by atoms with E-state index in [4.69, 9.17) is 5.73 Å². The molecule has 1 heterocycles. The van der Waals surface area contributed by atoms with Crippen LogP contribution >= 0.6 is 0 Å². The van der Waals surface area contributed by atoms with Gasteiger partial charge in [-0.05, 0) is 30.7 Å². The Morgan fingerprint density at radius 3 is 2.84 bits per heavy atom. The van der Waals surface area contributed by atoms with Crippen molar-refractivity contribution in [1.82, 2.24) is 14.5 Å². The molecule has 0 fully saturated rings. The minimum absolute atomic E-state index is 0.216. The molecule has 6 nitrogen and oxygen atoms in total. The molecule has 0 aliphatic rings. The lowest BCUT2D eigenvalue weighted by atomic mass is 10.2. The number of aromatic nitrogens is 2. The smallest absolute Gasteiger partial charge is 0.240 e. The minimum Gasteiger partial charge on any atom is -0.398 e. The number of nitrogen functional groups attached to an aromatic ring is 1. The van der Waals surface area contributed by atoms with Crippen molar-refractivity contribution < 1.29 is 8.42 Å². The number of hydrogen-bond donors (Lipinski definition) is 2. The zero-order valence-electron chi connectivity index (χ0n) is 10.6. The average molecular weight is 280 g/mol. The Labute approximate surface area is 112 Å². The molecule has 0 unspecified atom stereocenters. The average Bonchev–Trinajstić information content (AvgIpc) is 2.85. The lowest BCUT2D eigenvalue weighted by Gasteiger charge is -2.10. The molecule has 0 aliphatic carbocycles. The maximum atomic E-state index is 12.1. The molecule has 7 heteroatoms. The molecule has 0 radical (unpaired) electrons. The normalized spacial score (nSPS) is 11.6. The van der Waals surface area contributed by atoms with Gasteiger partial charge in [-0.25, -0.2) is 13.1 Å². The SMILES string of the molecule is Cc1c(N)cccc1S(=O)(=O)NCCn1cccn1. The predicted molar refractivity (Wildman–Crippen MR) is 73.0 cm³/mol. The van der Waals surface area contributed by atoms with Gasteiger partial charge in [0.25, 0.3) is 0 Å². The summed E-state index contributed by atoms with van der Waals surface area (Å²) in [6.45, 7) is 2.45. The summed E-state index contributed by atoms with van der Waals surface area (Å²) in [7, 11) is -3.54. The molecule has 0 saturated carbocycles. The second-order valence-corrected chi connectivity index (χ2v) is 5.87. The van der Waals surface area contributed by atoms with E-state index in [9.17, 15) is 8.42 Å². The van der Waals surface area contributed by atoms with Crippen LogP contribution in [0.3, 0.4) is 0 Å². The number of benzene rings is 1. The van der Waals surface area contributed by atoms with E-state index in [-0.39, 0.29) is 11.4 Å². The lowest BCUT2D eigenvalue weighted by Crippen LogP contribution is -2.28. The Morgan fingerprint density at radius 2 is 2.16 bits per heavy atom. The first kappa shape index (κ1) is 13.6. The minimum atomic E-state index is -3.54. The molecule has 2 aromatic rings. The lowest BCUT2D eigenvalue weighted by molar-refractivity contribution is 0.560. The summed E-state index contributed by atoms with van der Waals surface area (Å²) in [6.07, 6.45) is 3.43. The van der Waals surface area contributed by atoms with Gasteiger partial charge < -0.3 is 5.73 Å². The Kier molecular flexibility index (Phi) is 3.87. The van der Waals surface area contributed by atoms with Crippen molar-refractivity contribution in [3.05, 3.63) is 42.2 Å². The van der Waals surface area contributed by atoms with Gasteiger partial charge in [0.05, 0.1) is 11.4 Å². The van der Waals surface area contributed by atoms with Crippen LogP contribution in [0.2, 0.25) is 0 Å². The number of sulfonamides is 1. The summed E-state index contributed by atoms with van der Waals surface area (Å²) in [5, 5.41) is 4.00. The highest BCUT2D eigenvalue weighted by molar-refractivity contribution is 7.89. The summed E-state index contributed by atoms with van der Waals surface area (Å²) in [6, 6.07) is 6.64. The maximum absolute atomic E-state index is 12.1. The molecule has 102 valence electrons. The van der Waals surface area contributed by atoms with Crippen LogP contribution in [0, 0.1) is 6.92 Å². The molecule has 1 aromatic carbocycles. The molecular weight excluding hydrogens is 264 g/mol. The number of nitrogens with one attached hydrogen (secondary N) is 1. The van der Waals surface area contributed by atoms with E-state index in [2.05, 4.69) is 9.82 Å². The fraction of sp³-hybridized carbons (Fsp3) is 0.250. The van der Waals surface area contributed by atoms with E-state index < -0.39 is 10.0 Å². The van der Waals surface area contributed by atoms with Crippen molar-refractivity contribution in [2.45, 2.75) is 18.4 Å². The number of hydrogen-bond acceptors (Lipinski definition) is 4. The Balaban J connectivity index is 2.08. The molecule has 0 spiro atoms. The van der Waals surface area contributed by atoms with Gasteiger partial charge in [0.2, 0.25) is 10.0 Å². The first-order valence-corrected chi connectivity index (χ1v) is 7.31. The molecule has 0 amide bonds. The van der Waals surface area contributed by atoms with E-state index in [1.54, 1.807) is 48.3 Å². The Hall–Kier alpha value is -1.86. The van der Waals surface area contributed by atoms with Crippen molar-refractivity contribution in [2.75, 3.05) is 12.3 Å². The van der Waals surface area contributed by atoms with Gasteiger partial charge in [-0.1, -0.05) is 6.07 Å². The van der Waals surface area contributed by atoms with Crippen molar-refractivity contribution in [2.24, 2.45) is 0 Å². The third-order valence-electron chi connectivity index (χ3n) is 2.81. The standard InChI is InChI=1S/C12H16N4O2S/c1-10-11(13)4-2-5-12(10)19(17,18)15-7-9-16-8-3-6-14-16/h2-6,8,15H,7,9,13H2,1H3. The number of nitrogens with two attached hydrogens (primary N) is 1. The van der Waals surface area contributed by atoms with Crippen LogP contribution in [0.25, 0.3) is 0 Å². The highest BCUT2D eigenvalue weighted by atomic mass is 32.2. The summed E-state index contributed by atoms with van der Waals surface area (Å²) in [4.78, 5) is 0.216. The van der Waals surface area contributed by atoms with Gasteiger partial charge in [0, 0.05) is 24.6 Å². The van der Waals surface area contributed by atoms with Gasteiger partial charge in [-0.2, -0.15) is 5.10 Å². The van der Waals surface area contributed by atoms with Crippen LogP contribution in [-0.2, 0) is 16.6 Å². The van der Waals surface area contributed by atoms with Gasteiger partial charge in [-0.15, -0.1) is 0 Å². The zero-order valence-corrected chi connectivity index (χ0v) is 11.4. The Bertz CT molecular complexity index is 650. The first-order valence-electron chi connectivity index (χ1n) is 5.83. The number of anilines is 1. The second kappa shape index (κ2) is 5.41. The Morgan fingerprint density at radius 1 is 1.37 bits per heavy atom. The second-order valence-electron chi connectivity index (χ2n) is 4.14. The van der Waals surface area contributed by atoms with Gasteiger partial charge in [0.1, 0.15) is 0 Å². The molecule has 0 bridgehead atoms. The van der Waals surface area contributed by atoms with Gasteiger partial charge >= 0.3 is 0 Å². The molecular formula is C12H16N4O2S. The fourth-order valence-corrected chi connectivity index (χ4v) is 3.02. The third-order valence-corrected chi connectivity index (χ3v) is 4.41. The molecule has 3 N–H and O–H groups in total. The maximum Gasteiger partial charge on any atom is 0.240 e. The monoisotopic (exact) mass is 280 g/mol. The van der Waals surface area contributed by atoms with Crippen molar-refractivity contribution in [1.29, 1.82) is 0 Å². The van der Waals surface area contributed by atoms with E-state index in [0.717, 1.165) is 0 Å². The molecule has 0 aliphatic heterocycles. The summed E-state index contributed by atoms with van der Waals surface area (Å²) >= 11 is 0. The van der Waals surface area contributed by atoms with Crippen LogP contribution < -0.4 is 10.5 Å². The summed E-state index contributed by atoms with van der Waals surface area (Å²) in [5.74, 6) is 0. The van der Waals surface area contributed by atoms with Crippen LogP contribution in [0.5, 0.6) is 0 Å². The summed E-state index contributed by atoms with van der Waals surface area (Å²) in [5.41, 5.74) is 6.75. The van der Waals surface area contributed by atoms with E-state index in [0.29, 0.717) is 17.8 Å². The van der Waals surface area contributed by atoms with E-state index in [1.165, 1.54) is 0 Å². The highest BCUT2D eigenvalue weighted by Crippen LogP contribution is 2.19. The fourth-order valence-electron chi connectivity index (χ4n) is 1.73. The van der Waals surface area contributed by atoms with Crippen LogP contribution in [0.15, 0.2) is 41.6 Å². The van der Waals surface area contributed by atoms with E-state index in [1.807, 2.05) is 0 Å². The molecule has 2 rings (SSSR count). The molecule has 0 saturated heterocycles. The molecule has 19 heavy (non-hydrogen) atoms. The third kappa shape index (κ3) is 3.12. The topological polar surface area (TPSA) is 90.0 Å². The van der Waals surface area contributed by atoms with Crippen molar-refractivity contribution in [3.63, 3.8) is 0 Å². The molecule has 1 aromatic heterocycles. The van der Waals surface area contributed by atoms with Crippen molar-refractivity contribution in [3.8, 4) is 0 Å². The largest absolute Gasteiger partial charge is 0.398 e. The summed E-state index contributed by atoms with van der Waals surface area (Å²) < 4.78 is 28.5. The van der Waals surface area contributed by atoms with Gasteiger partial charge in [-0.3, -0.25) is 4.68 Å².